The zero-order valence-corrected chi connectivity index (χ0v) is 14.4. The van der Waals surface area contributed by atoms with E-state index in [0.29, 0.717) is 24.1 Å². The van der Waals surface area contributed by atoms with Crippen LogP contribution in [0, 0.1) is 5.41 Å². The van der Waals surface area contributed by atoms with Crippen molar-refractivity contribution in [2.75, 3.05) is 6.54 Å². The molecule has 0 aromatic heterocycles. The van der Waals surface area contributed by atoms with E-state index >= 15 is 0 Å². The lowest BCUT2D eigenvalue weighted by atomic mass is 9.90. The third-order valence-corrected chi connectivity index (χ3v) is 5.06. The summed E-state index contributed by atoms with van der Waals surface area (Å²) in [6, 6.07) is 4.60. The molecule has 0 unspecified atom stereocenters. The van der Waals surface area contributed by atoms with Crippen molar-refractivity contribution in [2.45, 2.75) is 45.4 Å². The molecular weight excluding hydrogens is 310 g/mol. The minimum Gasteiger partial charge on any atom is -0.352 e. The van der Waals surface area contributed by atoms with Crippen molar-refractivity contribution in [3.8, 4) is 0 Å². The summed E-state index contributed by atoms with van der Waals surface area (Å²) in [4.78, 5) is 12.1. The molecular formula is C15H22ClNO3S. The maximum atomic E-state index is 12.1. The maximum absolute atomic E-state index is 12.1. The molecule has 0 bridgehead atoms. The molecule has 0 spiro atoms. The highest BCUT2D eigenvalue weighted by molar-refractivity contribution is 8.13. The Labute approximate surface area is 131 Å². The Morgan fingerprint density at radius 2 is 1.90 bits per heavy atom. The second kappa shape index (κ2) is 6.79. The lowest BCUT2D eigenvalue weighted by molar-refractivity contribution is 0.0935. The maximum Gasteiger partial charge on any atom is 0.261 e. The van der Waals surface area contributed by atoms with E-state index in [1.54, 1.807) is 12.1 Å². The van der Waals surface area contributed by atoms with E-state index in [1.807, 2.05) is 6.92 Å². The van der Waals surface area contributed by atoms with Gasteiger partial charge >= 0.3 is 0 Å². The lowest BCUT2D eigenvalue weighted by Crippen LogP contribution is -2.33. The minimum absolute atomic E-state index is 0.000407. The monoisotopic (exact) mass is 331 g/mol. The Morgan fingerprint density at radius 1 is 1.29 bits per heavy atom. The quantitative estimate of drug-likeness (QED) is 0.813. The van der Waals surface area contributed by atoms with Crippen LogP contribution in [0.25, 0.3) is 0 Å². The number of hydrogen-bond acceptors (Lipinski definition) is 3. The highest BCUT2D eigenvalue weighted by Gasteiger charge is 2.20. The molecule has 6 heteroatoms. The molecule has 0 radical (unpaired) electrons. The second-order valence-corrected chi connectivity index (χ2v) is 8.35. The van der Waals surface area contributed by atoms with E-state index in [1.165, 1.54) is 6.07 Å². The summed E-state index contributed by atoms with van der Waals surface area (Å²) in [5, 5.41) is 2.83. The Kier molecular flexibility index (Phi) is 5.82. The van der Waals surface area contributed by atoms with Gasteiger partial charge in [0.1, 0.15) is 0 Å². The molecule has 21 heavy (non-hydrogen) atoms. The van der Waals surface area contributed by atoms with Gasteiger partial charge in [-0.2, -0.15) is 0 Å². The molecule has 0 saturated carbocycles. The fraction of sp³-hybridized carbons (Fsp3) is 0.533. The molecule has 4 nitrogen and oxygen atoms in total. The topological polar surface area (TPSA) is 63.2 Å². The largest absolute Gasteiger partial charge is 0.352 e. The normalized spacial score (nSPS) is 12.2. The first-order valence-corrected chi connectivity index (χ1v) is 9.27. The molecule has 1 aromatic rings. The predicted octanol–water partition coefficient (Wildman–Crippen LogP) is 3.34. The third kappa shape index (κ3) is 5.00. The van der Waals surface area contributed by atoms with Gasteiger partial charge in [0, 0.05) is 22.8 Å². The van der Waals surface area contributed by atoms with Crippen LogP contribution in [0.5, 0.6) is 0 Å². The summed E-state index contributed by atoms with van der Waals surface area (Å²) in [5.74, 6) is -0.291. The van der Waals surface area contributed by atoms with Gasteiger partial charge in [-0.3, -0.25) is 4.79 Å². The summed E-state index contributed by atoms with van der Waals surface area (Å²) in [6.45, 7) is 8.54. The predicted molar refractivity (Wildman–Crippen MR) is 85.3 cm³/mol. The summed E-state index contributed by atoms with van der Waals surface area (Å²) in [7, 11) is 1.57. The van der Waals surface area contributed by atoms with E-state index in [-0.39, 0.29) is 16.2 Å². The molecule has 0 aliphatic heterocycles. The van der Waals surface area contributed by atoms with Crippen molar-refractivity contribution in [3.63, 3.8) is 0 Å². The summed E-state index contributed by atoms with van der Waals surface area (Å²) in [6.07, 6.45) is 1.47. The van der Waals surface area contributed by atoms with Crippen molar-refractivity contribution in [2.24, 2.45) is 5.41 Å². The zero-order chi connectivity index (χ0) is 16.3. The second-order valence-electron chi connectivity index (χ2n) is 5.81. The number of carbonyl (C=O) groups excluding carboxylic acids is 1. The zero-order valence-electron chi connectivity index (χ0n) is 12.9. The molecule has 1 amide bonds. The molecule has 0 heterocycles. The first kappa shape index (κ1) is 18.0. The Bertz CT molecular complexity index is 624. The fourth-order valence-corrected chi connectivity index (χ4v) is 2.99. The summed E-state index contributed by atoms with van der Waals surface area (Å²) >= 11 is 0. The number of nitrogens with one attached hydrogen (secondary N) is 1. The molecule has 0 atom stereocenters. The molecule has 0 saturated heterocycles. The first-order chi connectivity index (χ1) is 9.60. The Balaban J connectivity index is 3.02. The van der Waals surface area contributed by atoms with E-state index < -0.39 is 9.05 Å². The van der Waals surface area contributed by atoms with Crippen LogP contribution in [0.15, 0.2) is 23.1 Å². The third-order valence-electron chi connectivity index (χ3n) is 3.66. The highest BCUT2D eigenvalue weighted by atomic mass is 35.7. The SMILES string of the molecule is CCc1ccc(C(=O)NCC(C)(C)CC)cc1S(=O)(=O)Cl. The van der Waals surface area contributed by atoms with Crippen LogP contribution in [0.1, 0.15) is 50.0 Å². The van der Waals surface area contributed by atoms with Crippen molar-refractivity contribution in [3.05, 3.63) is 29.3 Å². The molecule has 1 aromatic carbocycles. The molecule has 1 rings (SSSR count). The molecule has 1 N–H and O–H groups in total. The lowest BCUT2D eigenvalue weighted by Gasteiger charge is -2.22. The van der Waals surface area contributed by atoms with Crippen LogP contribution in [0.4, 0.5) is 0 Å². The van der Waals surface area contributed by atoms with Crippen molar-refractivity contribution in [1.29, 1.82) is 0 Å². The number of aryl methyl sites for hydroxylation is 1. The van der Waals surface area contributed by atoms with Crippen LogP contribution >= 0.6 is 10.7 Å². The number of hydrogen-bond donors (Lipinski definition) is 1. The van der Waals surface area contributed by atoms with E-state index in [9.17, 15) is 13.2 Å². The van der Waals surface area contributed by atoms with Crippen LogP contribution in [-0.4, -0.2) is 20.9 Å². The van der Waals surface area contributed by atoms with E-state index in [2.05, 4.69) is 26.1 Å². The number of rotatable bonds is 6. The van der Waals surface area contributed by atoms with Gasteiger partial charge in [0.25, 0.3) is 15.0 Å². The van der Waals surface area contributed by atoms with Gasteiger partial charge in [-0.25, -0.2) is 8.42 Å². The molecule has 0 fully saturated rings. The van der Waals surface area contributed by atoms with Gasteiger partial charge in [-0.05, 0) is 36.0 Å². The molecule has 118 valence electrons. The van der Waals surface area contributed by atoms with Gasteiger partial charge in [0.05, 0.1) is 4.90 Å². The average Bonchev–Trinajstić information content (AvgIpc) is 2.43. The standard InChI is InChI=1S/C15H22ClNO3S/c1-5-11-7-8-12(9-13(11)21(16,19)20)14(18)17-10-15(3,4)6-2/h7-9H,5-6,10H2,1-4H3,(H,17,18). The van der Waals surface area contributed by atoms with Crippen molar-refractivity contribution >= 4 is 25.6 Å². The van der Waals surface area contributed by atoms with Crippen molar-refractivity contribution < 1.29 is 13.2 Å². The van der Waals surface area contributed by atoms with Crippen LogP contribution < -0.4 is 5.32 Å². The smallest absolute Gasteiger partial charge is 0.261 e. The van der Waals surface area contributed by atoms with Gasteiger partial charge in [-0.15, -0.1) is 0 Å². The van der Waals surface area contributed by atoms with E-state index in [4.69, 9.17) is 10.7 Å². The van der Waals surface area contributed by atoms with Gasteiger partial charge < -0.3 is 5.32 Å². The Hall–Kier alpha value is -1.07. The van der Waals surface area contributed by atoms with Gasteiger partial charge in [0.15, 0.2) is 0 Å². The number of benzene rings is 1. The first-order valence-electron chi connectivity index (χ1n) is 6.96. The van der Waals surface area contributed by atoms with Crippen LogP contribution in [0.2, 0.25) is 0 Å². The van der Waals surface area contributed by atoms with Gasteiger partial charge in [-0.1, -0.05) is 33.8 Å². The minimum atomic E-state index is -3.86. The van der Waals surface area contributed by atoms with Crippen LogP contribution in [0.3, 0.4) is 0 Å². The number of amides is 1. The van der Waals surface area contributed by atoms with Gasteiger partial charge in [0.2, 0.25) is 0 Å². The average molecular weight is 332 g/mol. The summed E-state index contributed by atoms with van der Waals surface area (Å²) < 4.78 is 23.2. The Morgan fingerprint density at radius 3 is 2.38 bits per heavy atom. The fourth-order valence-electron chi connectivity index (χ4n) is 1.76. The van der Waals surface area contributed by atoms with E-state index in [0.717, 1.165) is 6.42 Å². The molecule has 0 aliphatic rings. The van der Waals surface area contributed by atoms with Crippen molar-refractivity contribution in [1.82, 2.24) is 5.32 Å². The van der Waals surface area contributed by atoms with Crippen LogP contribution in [-0.2, 0) is 15.5 Å². The number of carbonyl (C=O) groups is 1. The highest BCUT2D eigenvalue weighted by Crippen LogP contribution is 2.23. The molecule has 0 aliphatic carbocycles. The number of halogens is 1. The summed E-state index contributed by atoms with van der Waals surface area (Å²) in [5.41, 5.74) is 0.911.